The highest BCUT2D eigenvalue weighted by Gasteiger charge is 2.31. The summed E-state index contributed by atoms with van der Waals surface area (Å²) in [6, 6.07) is 9.76. The largest absolute Gasteiger partial charge is 0.444 e. The first-order valence-electron chi connectivity index (χ1n) is 7.83. The van der Waals surface area contributed by atoms with E-state index in [4.69, 9.17) is 15.5 Å². The van der Waals surface area contributed by atoms with E-state index in [0.717, 1.165) is 17.0 Å². The number of hydrogen-bond donors (Lipinski definition) is 1. The van der Waals surface area contributed by atoms with Gasteiger partial charge in [-0.15, -0.1) is 0 Å². The van der Waals surface area contributed by atoms with E-state index in [1.165, 1.54) is 6.20 Å². The van der Waals surface area contributed by atoms with Crippen LogP contribution in [0.15, 0.2) is 47.1 Å². The normalized spacial score (nSPS) is 22.4. The van der Waals surface area contributed by atoms with Crippen molar-refractivity contribution in [3.8, 4) is 0 Å². The van der Waals surface area contributed by atoms with E-state index in [1.54, 1.807) is 4.90 Å². The number of amides is 1. The number of aliphatic imine (C=N–C) groups is 1. The van der Waals surface area contributed by atoms with Crippen LogP contribution in [0.4, 0.5) is 10.5 Å². The molecule has 2 N–H and O–H groups in total. The zero-order valence-corrected chi connectivity index (χ0v) is 14.2. The van der Waals surface area contributed by atoms with Crippen LogP contribution in [0.25, 0.3) is 0 Å². The minimum atomic E-state index is -0.509. The lowest BCUT2D eigenvalue weighted by molar-refractivity contribution is 0.0248. The summed E-state index contributed by atoms with van der Waals surface area (Å²) in [6.45, 7) is 8.61. The van der Waals surface area contributed by atoms with Crippen LogP contribution in [0.5, 0.6) is 0 Å². The van der Waals surface area contributed by atoms with Crippen molar-refractivity contribution in [2.24, 2.45) is 16.6 Å². The lowest BCUT2D eigenvalue weighted by Crippen LogP contribution is -2.46. The topological polar surface area (TPSA) is 67.9 Å². The van der Waals surface area contributed by atoms with Crippen molar-refractivity contribution in [2.75, 3.05) is 13.1 Å². The summed E-state index contributed by atoms with van der Waals surface area (Å²) in [5, 5.41) is 0. The maximum Gasteiger partial charge on any atom is 0.410 e. The Bertz CT molecular complexity index is 615. The first-order chi connectivity index (χ1) is 10.8. The van der Waals surface area contributed by atoms with Gasteiger partial charge in [-0.25, -0.2) is 4.79 Å². The van der Waals surface area contributed by atoms with E-state index in [0.29, 0.717) is 13.1 Å². The van der Waals surface area contributed by atoms with Gasteiger partial charge in [-0.1, -0.05) is 25.1 Å². The molecule has 1 heterocycles. The molecule has 0 bridgehead atoms. The zero-order valence-electron chi connectivity index (χ0n) is 14.2. The van der Waals surface area contributed by atoms with Gasteiger partial charge < -0.3 is 15.4 Å². The number of ether oxygens (including phenoxy) is 1. The Kier molecular flexibility index (Phi) is 5.08. The molecule has 0 radical (unpaired) electrons. The molecule has 0 saturated carbocycles. The Morgan fingerprint density at radius 1 is 1.35 bits per heavy atom. The Labute approximate surface area is 137 Å². The highest BCUT2D eigenvalue weighted by Crippen LogP contribution is 2.24. The van der Waals surface area contributed by atoms with E-state index in [-0.39, 0.29) is 12.0 Å². The molecule has 2 rings (SSSR count). The molecular formula is C18H25N3O2. The number of likely N-dealkylation sites (tertiary alicyclic amines) is 1. The van der Waals surface area contributed by atoms with Crippen molar-refractivity contribution >= 4 is 17.5 Å². The second-order valence-electron chi connectivity index (χ2n) is 6.79. The van der Waals surface area contributed by atoms with Gasteiger partial charge >= 0.3 is 6.09 Å². The molecule has 1 unspecified atom stereocenters. The highest BCUT2D eigenvalue weighted by molar-refractivity contribution is 6.04. The van der Waals surface area contributed by atoms with Crippen molar-refractivity contribution in [3.05, 3.63) is 42.1 Å². The molecule has 0 spiro atoms. The summed E-state index contributed by atoms with van der Waals surface area (Å²) in [6.07, 6.45) is 1.22. The van der Waals surface area contributed by atoms with E-state index in [1.807, 2.05) is 58.0 Å². The van der Waals surface area contributed by atoms with Crippen molar-refractivity contribution in [3.63, 3.8) is 0 Å². The monoisotopic (exact) mass is 315 g/mol. The van der Waals surface area contributed by atoms with Crippen LogP contribution in [0.1, 0.15) is 27.7 Å². The first-order valence-corrected chi connectivity index (χ1v) is 7.83. The number of hydrogen-bond acceptors (Lipinski definition) is 4. The van der Waals surface area contributed by atoms with Crippen LogP contribution in [0.2, 0.25) is 0 Å². The minimum Gasteiger partial charge on any atom is -0.444 e. The van der Waals surface area contributed by atoms with Crippen LogP contribution in [0.3, 0.4) is 0 Å². The molecule has 0 aliphatic carbocycles. The number of nitrogens with zero attached hydrogens (tertiary/aromatic N) is 2. The average molecular weight is 315 g/mol. The number of para-hydroxylation sites is 1. The number of nitrogens with two attached hydrogens (primary N) is 1. The van der Waals surface area contributed by atoms with Gasteiger partial charge in [0.1, 0.15) is 5.60 Å². The summed E-state index contributed by atoms with van der Waals surface area (Å²) in [5.74, 6) is 0.0891. The number of carbonyl (C=O) groups is 1. The standard InChI is InChI=1S/C18H25N3O2/c1-13-11-21(17(22)23-18(2,3)4)12-14(10-19)16(13)20-15-8-6-5-7-9-15/h5-10,13H,11-12,19H2,1-4H3/b14-10-,20-16?. The zero-order chi connectivity index (χ0) is 17.0. The minimum absolute atomic E-state index is 0.0891. The van der Waals surface area contributed by atoms with Crippen molar-refractivity contribution in [1.82, 2.24) is 4.90 Å². The van der Waals surface area contributed by atoms with E-state index in [9.17, 15) is 4.79 Å². The molecule has 1 aromatic rings. The van der Waals surface area contributed by atoms with Gasteiger partial charge in [-0.05, 0) is 32.9 Å². The Balaban J connectivity index is 2.19. The van der Waals surface area contributed by atoms with Crippen LogP contribution in [-0.4, -0.2) is 35.4 Å². The van der Waals surface area contributed by atoms with Gasteiger partial charge in [0.2, 0.25) is 0 Å². The van der Waals surface area contributed by atoms with Crippen LogP contribution >= 0.6 is 0 Å². The smallest absolute Gasteiger partial charge is 0.410 e. The Morgan fingerprint density at radius 3 is 2.57 bits per heavy atom. The number of rotatable bonds is 1. The van der Waals surface area contributed by atoms with Crippen molar-refractivity contribution in [1.29, 1.82) is 0 Å². The molecule has 1 aromatic carbocycles. The summed E-state index contributed by atoms with van der Waals surface area (Å²) < 4.78 is 5.45. The third-order valence-electron chi connectivity index (χ3n) is 3.51. The molecule has 1 saturated heterocycles. The SMILES string of the molecule is CC1CN(C(=O)OC(C)(C)C)C/C(=C/N)C1=Nc1ccccc1. The third-order valence-corrected chi connectivity index (χ3v) is 3.51. The van der Waals surface area contributed by atoms with Gasteiger partial charge in [0.25, 0.3) is 0 Å². The molecule has 23 heavy (non-hydrogen) atoms. The Hall–Kier alpha value is -2.30. The van der Waals surface area contributed by atoms with Crippen LogP contribution in [0, 0.1) is 5.92 Å². The molecule has 5 nitrogen and oxygen atoms in total. The molecule has 1 fully saturated rings. The maximum atomic E-state index is 12.3. The summed E-state index contributed by atoms with van der Waals surface area (Å²) in [7, 11) is 0. The second-order valence-corrected chi connectivity index (χ2v) is 6.79. The molecule has 0 aromatic heterocycles. The van der Waals surface area contributed by atoms with E-state index >= 15 is 0 Å². The Morgan fingerprint density at radius 2 is 2.00 bits per heavy atom. The molecule has 1 aliphatic heterocycles. The van der Waals surface area contributed by atoms with Gasteiger partial charge in [-0.2, -0.15) is 0 Å². The number of piperidine rings is 1. The fourth-order valence-electron chi connectivity index (χ4n) is 2.51. The van der Waals surface area contributed by atoms with Gasteiger partial charge in [-0.3, -0.25) is 4.99 Å². The van der Waals surface area contributed by atoms with Crippen molar-refractivity contribution < 1.29 is 9.53 Å². The maximum absolute atomic E-state index is 12.3. The van der Waals surface area contributed by atoms with Crippen LogP contribution < -0.4 is 5.73 Å². The predicted molar refractivity (Wildman–Crippen MR) is 92.8 cm³/mol. The molecule has 5 heteroatoms. The average Bonchev–Trinajstić information content (AvgIpc) is 2.48. The molecular weight excluding hydrogens is 290 g/mol. The molecule has 1 amide bonds. The van der Waals surface area contributed by atoms with E-state index in [2.05, 4.69) is 0 Å². The first kappa shape index (κ1) is 17.1. The lowest BCUT2D eigenvalue weighted by Gasteiger charge is -2.35. The fraction of sp³-hybridized carbons (Fsp3) is 0.444. The predicted octanol–water partition coefficient (Wildman–Crippen LogP) is 3.49. The summed E-state index contributed by atoms with van der Waals surface area (Å²) in [4.78, 5) is 18.7. The van der Waals surface area contributed by atoms with E-state index < -0.39 is 5.60 Å². The van der Waals surface area contributed by atoms with Crippen molar-refractivity contribution in [2.45, 2.75) is 33.3 Å². The third kappa shape index (κ3) is 4.58. The fourth-order valence-corrected chi connectivity index (χ4v) is 2.51. The number of benzene rings is 1. The summed E-state index contributed by atoms with van der Waals surface area (Å²) in [5.41, 5.74) is 7.95. The van der Waals surface area contributed by atoms with Crippen LogP contribution in [-0.2, 0) is 4.74 Å². The molecule has 1 atom stereocenters. The second kappa shape index (κ2) is 6.86. The highest BCUT2D eigenvalue weighted by atomic mass is 16.6. The lowest BCUT2D eigenvalue weighted by atomic mass is 9.93. The summed E-state index contributed by atoms with van der Waals surface area (Å²) >= 11 is 0. The van der Waals surface area contributed by atoms with Gasteiger partial charge in [0.05, 0.1) is 17.9 Å². The van der Waals surface area contributed by atoms with Gasteiger partial charge in [0.15, 0.2) is 0 Å². The quantitative estimate of drug-likeness (QED) is 0.862. The molecule has 1 aliphatic rings. The van der Waals surface area contributed by atoms with Gasteiger partial charge in [0, 0.05) is 24.2 Å². The molecule has 124 valence electrons. The number of carbonyl (C=O) groups excluding carboxylic acids is 1.